The van der Waals surface area contributed by atoms with Crippen molar-refractivity contribution in [2.75, 3.05) is 0 Å². The number of rotatable bonds is 3. The maximum atomic E-state index is 10.2. The first kappa shape index (κ1) is 12.1. The van der Waals surface area contributed by atoms with Crippen molar-refractivity contribution in [3.05, 3.63) is 21.9 Å². The van der Waals surface area contributed by atoms with Crippen LogP contribution in [-0.4, -0.2) is 16.3 Å². The molecule has 1 aromatic rings. The number of hydrogen-bond donors (Lipinski definition) is 2. The molecule has 0 aromatic carbocycles. The Bertz CT molecular complexity index is 328. The van der Waals surface area contributed by atoms with E-state index in [-0.39, 0.29) is 5.92 Å². The fraction of sp³-hybridized carbons (Fsp3) is 0.692. The second-order valence-corrected chi connectivity index (χ2v) is 5.89. The summed E-state index contributed by atoms with van der Waals surface area (Å²) in [6, 6.07) is 1.93. The van der Waals surface area contributed by atoms with Crippen molar-refractivity contribution in [3.8, 4) is 0 Å². The van der Waals surface area contributed by atoms with Crippen LogP contribution in [0.1, 0.15) is 48.6 Å². The van der Waals surface area contributed by atoms with Crippen LogP contribution in [0.25, 0.3) is 0 Å². The van der Waals surface area contributed by atoms with Crippen molar-refractivity contribution in [3.63, 3.8) is 0 Å². The molecular weight excluding hydrogens is 220 g/mol. The normalized spacial score (nSPS) is 21.9. The van der Waals surface area contributed by atoms with Crippen molar-refractivity contribution in [1.29, 1.82) is 0 Å². The van der Waals surface area contributed by atoms with Crippen LogP contribution in [0.2, 0.25) is 0 Å². The average Bonchev–Trinajstić information content (AvgIpc) is 2.75. The lowest BCUT2D eigenvalue weighted by Gasteiger charge is -2.29. The smallest absolute Gasteiger partial charge is 0.106 e. The van der Waals surface area contributed by atoms with Crippen molar-refractivity contribution in [2.24, 2.45) is 5.92 Å². The first-order chi connectivity index (χ1) is 7.70. The van der Waals surface area contributed by atoms with E-state index in [0.717, 1.165) is 23.3 Å². The fourth-order valence-corrected chi connectivity index (χ4v) is 3.36. The Hall–Kier alpha value is -0.380. The Labute approximate surface area is 101 Å². The van der Waals surface area contributed by atoms with E-state index in [9.17, 15) is 10.2 Å². The molecule has 3 heteroatoms. The molecule has 1 aliphatic carbocycles. The predicted octanol–water partition coefficient (Wildman–Crippen LogP) is 3.03. The molecule has 2 nitrogen and oxygen atoms in total. The summed E-state index contributed by atoms with van der Waals surface area (Å²) in [6.45, 7) is 2.00. The summed E-state index contributed by atoms with van der Waals surface area (Å²) in [6.07, 6.45) is 4.48. The molecule has 16 heavy (non-hydrogen) atoms. The van der Waals surface area contributed by atoms with Gasteiger partial charge in [-0.3, -0.25) is 0 Å². The first-order valence-electron chi connectivity index (χ1n) is 6.10. The van der Waals surface area contributed by atoms with Crippen LogP contribution in [0.3, 0.4) is 0 Å². The van der Waals surface area contributed by atoms with Gasteiger partial charge in [0.25, 0.3) is 0 Å². The molecule has 2 rings (SSSR count). The highest BCUT2D eigenvalue weighted by atomic mass is 32.1. The largest absolute Gasteiger partial charge is 0.390 e. The van der Waals surface area contributed by atoms with E-state index in [0.29, 0.717) is 0 Å². The standard InChI is InChI=1S/C13H20O2S/c1-9-11(7-8-16-9)13(15)12(14)10-5-3-2-4-6-10/h7-8,10,12-15H,2-6H2,1H3. The van der Waals surface area contributed by atoms with E-state index in [1.807, 2.05) is 18.4 Å². The van der Waals surface area contributed by atoms with Crippen LogP contribution < -0.4 is 0 Å². The second-order valence-electron chi connectivity index (χ2n) is 4.77. The quantitative estimate of drug-likeness (QED) is 0.852. The van der Waals surface area contributed by atoms with Crippen molar-refractivity contribution in [2.45, 2.75) is 51.2 Å². The summed E-state index contributed by atoms with van der Waals surface area (Å²) in [5, 5.41) is 22.3. The van der Waals surface area contributed by atoms with Gasteiger partial charge in [0.05, 0.1) is 6.10 Å². The Morgan fingerprint density at radius 1 is 1.25 bits per heavy atom. The minimum absolute atomic E-state index is 0.281. The topological polar surface area (TPSA) is 40.5 Å². The summed E-state index contributed by atoms with van der Waals surface area (Å²) in [7, 11) is 0. The fourth-order valence-electron chi connectivity index (χ4n) is 2.62. The summed E-state index contributed by atoms with van der Waals surface area (Å²) in [5.74, 6) is 0.281. The Morgan fingerprint density at radius 3 is 2.50 bits per heavy atom. The average molecular weight is 240 g/mol. The monoisotopic (exact) mass is 240 g/mol. The third-order valence-corrected chi connectivity index (χ3v) is 4.54. The summed E-state index contributed by atoms with van der Waals surface area (Å²) < 4.78 is 0. The molecule has 0 aliphatic heterocycles. The maximum Gasteiger partial charge on any atom is 0.106 e. The maximum absolute atomic E-state index is 10.2. The van der Waals surface area contributed by atoms with E-state index < -0.39 is 12.2 Å². The predicted molar refractivity (Wildman–Crippen MR) is 66.6 cm³/mol. The van der Waals surface area contributed by atoms with Crippen molar-refractivity contribution < 1.29 is 10.2 Å². The van der Waals surface area contributed by atoms with Gasteiger partial charge in [-0.1, -0.05) is 19.3 Å². The van der Waals surface area contributed by atoms with Gasteiger partial charge < -0.3 is 10.2 Å². The van der Waals surface area contributed by atoms with Gasteiger partial charge in [-0.25, -0.2) is 0 Å². The van der Waals surface area contributed by atoms with Gasteiger partial charge in [-0.15, -0.1) is 11.3 Å². The molecule has 1 fully saturated rings. The van der Waals surface area contributed by atoms with Gasteiger partial charge in [0, 0.05) is 4.88 Å². The summed E-state index contributed by atoms with van der Waals surface area (Å²) >= 11 is 1.63. The molecule has 0 bridgehead atoms. The highest BCUT2D eigenvalue weighted by Crippen LogP contribution is 2.34. The lowest BCUT2D eigenvalue weighted by Crippen LogP contribution is -2.29. The SMILES string of the molecule is Cc1sccc1C(O)C(O)C1CCCCC1. The Kier molecular flexibility index (Phi) is 4.00. The van der Waals surface area contributed by atoms with Crippen LogP contribution in [0.5, 0.6) is 0 Å². The van der Waals surface area contributed by atoms with Crippen LogP contribution in [-0.2, 0) is 0 Å². The summed E-state index contributed by atoms with van der Waals surface area (Å²) in [4.78, 5) is 1.11. The van der Waals surface area contributed by atoms with E-state index in [2.05, 4.69) is 0 Å². The third kappa shape index (κ3) is 2.47. The molecule has 1 aromatic heterocycles. The van der Waals surface area contributed by atoms with Crippen LogP contribution in [0.15, 0.2) is 11.4 Å². The van der Waals surface area contributed by atoms with Crippen molar-refractivity contribution in [1.82, 2.24) is 0 Å². The van der Waals surface area contributed by atoms with Gasteiger partial charge in [0.2, 0.25) is 0 Å². The van der Waals surface area contributed by atoms with E-state index in [4.69, 9.17) is 0 Å². The molecular formula is C13H20O2S. The van der Waals surface area contributed by atoms with E-state index in [1.165, 1.54) is 19.3 Å². The number of aliphatic hydroxyl groups is 2. The van der Waals surface area contributed by atoms with Gasteiger partial charge in [-0.05, 0) is 42.7 Å². The molecule has 2 N–H and O–H groups in total. The Morgan fingerprint density at radius 2 is 1.94 bits per heavy atom. The number of thiophene rings is 1. The lowest BCUT2D eigenvalue weighted by molar-refractivity contribution is -0.0286. The van der Waals surface area contributed by atoms with E-state index in [1.54, 1.807) is 11.3 Å². The molecule has 0 amide bonds. The molecule has 0 radical (unpaired) electrons. The molecule has 2 unspecified atom stereocenters. The third-order valence-electron chi connectivity index (χ3n) is 3.67. The minimum Gasteiger partial charge on any atom is -0.390 e. The lowest BCUT2D eigenvalue weighted by atomic mass is 9.82. The number of aliphatic hydroxyl groups excluding tert-OH is 2. The van der Waals surface area contributed by atoms with Crippen LogP contribution in [0.4, 0.5) is 0 Å². The number of hydrogen-bond acceptors (Lipinski definition) is 3. The zero-order chi connectivity index (χ0) is 11.5. The van der Waals surface area contributed by atoms with Gasteiger partial charge in [0.1, 0.15) is 6.10 Å². The molecule has 0 spiro atoms. The first-order valence-corrected chi connectivity index (χ1v) is 6.98. The minimum atomic E-state index is -0.700. The molecule has 1 aliphatic rings. The zero-order valence-electron chi connectivity index (χ0n) is 9.72. The zero-order valence-corrected chi connectivity index (χ0v) is 10.5. The highest BCUT2D eigenvalue weighted by molar-refractivity contribution is 7.10. The highest BCUT2D eigenvalue weighted by Gasteiger charge is 2.29. The molecule has 1 heterocycles. The summed E-state index contributed by atoms with van der Waals surface area (Å²) in [5.41, 5.74) is 0.906. The van der Waals surface area contributed by atoms with Crippen LogP contribution in [0, 0.1) is 12.8 Å². The molecule has 90 valence electrons. The Balaban J connectivity index is 2.03. The molecule has 0 saturated heterocycles. The van der Waals surface area contributed by atoms with Gasteiger partial charge in [-0.2, -0.15) is 0 Å². The molecule has 1 saturated carbocycles. The van der Waals surface area contributed by atoms with Gasteiger partial charge in [0.15, 0.2) is 0 Å². The van der Waals surface area contributed by atoms with Crippen molar-refractivity contribution >= 4 is 11.3 Å². The molecule has 2 atom stereocenters. The second kappa shape index (κ2) is 5.30. The van der Waals surface area contributed by atoms with E-state index >= 15 is 0 Å². The van der Waals surface area contributed by atoms with Gasteiger partial charge >= 0.3 is 0 Å². The number of aryl methyl sites for hydroxylation is 1. The van der Waals surface area contributed by atoms with Crippen LogP contribution >= 0.6 is 11.3 Å².